The van der Waals surface area contributed by atoms with E-state index in [0.717, 1.165) is 5.39 Å². The highest BCUT2D eigenvalue weighted by Crippen LogP contribution is 2.37. The van der Waals surface area contributed by atoms with E-state index >= 15 is 0 Å². The largest absolute Gasteiger partial charge is 0.621 e. The van der Waals surface area contributed by atoms with Crippen molar-refractivity contribution in [3.63, 3.8) is 0 Å². The predicted molar refractivity (Wildman–Crippen MR) is 102 cm³/mol. The van der Waals surface area contributed by atoms with Crippen LogP contribution in [0.5, 0.6) is 5.75 Å². The van der Waals surface area contributed by atoms with Gasteiger partial charge in [0.15, 0.2) is 11.3 Å². The molecule has 6 heteroatoms. The Labute approximate surface area is 155 Å². The summed E-state index contributed by atoms with van der Waals surface area (Å²) in [5, 5.41) is 13.5. The van der Waals surface area contributed by atoms with Gasteiger partial charge in [0.05, 0.1) is 11.7 Å². The van der Waals surface area contributed by atoms with E-state index in [4.69, 9.17) is 9.15 Å². The van der Waals surface area contributed by atoms with Gasteiger partial charge in [-0.3, -0.25) is 10.0 Å². The lowest BCUT2D eigenvalue weighted by molar-refractivity contribution is -0.679. The van der Waals surface area contributed by atoms with E-state index in [1.807, 2.05) is 38.1 Å². The lowest BCUT2D eigenvalue weighted by Crippen LogP contribution is -3.05. The molecule has 0 saturated carbocycles. The number of furan rings is 1. The zero-order valence-corrected chi connectivity index (χ0v) is 14.9. The van der Waals surface area contributed by atoms with E-state index in [2.05, 4.69) is 4.98 Å². The Balaban J connectivity index is 1.92. The van der Waals surface area contributed by atoms with Crippen LogP contribution in [-0.2, 0) is 0 Å². The van der Waals surface area contributed by atoms with Crippen molar-refractivity contribution in [2.75, 3.05) is 0 Å². The molecule has 1 N–H and O–H groups in total. The molecule has 2 aromatic carbocycles. The van der Waals surface area contributed by atoms with Crippen molar-refractivity contribution in [1.29, 1.82) is 0 Å². The molecule has 0 aliphatic heterocycles. The van der Waals surface area contributed by atoms with Crippen LogP contribution in [0.3, 0.4) is 0 Å². The van der Waals surface area contributed by atoms with Gasteiger partial charge in [0.25, 0.3) is 0 Å². The molecule has 136 valence electrons. The fourth-order valence-corrected chi connectivity index (χ4v) is 3.10. The maximum atomic E-state index is 13.0. The molecule has 0 bridgehead atoms. The highest BCUT2D eigenvalue weighted by Gasteiger charge is 2.25. The average molecular weight is 362 g/mol. The van der Waals surface area contributed by atoms with Crippen LogP contribution in [0.1, 0.15) is 24.2 Å². The van der Waals surface area contributed by atoms with Crippen LogP contribution in [0, 0.1) is 5.21 Å². The maximum Gasteiger partial charge on any atom is 0.350 e. The number of nitrogens with zero attached hydrogens (tertiary/aromatic N) is 1. The van der Waals surface area contributed by atoms with E-state index in [9.17, 15) is 10.0 Å². The Kier molecular flexibility index (Phi) is 4.35. The molecule has 0 aliphatic rings. The highest BCUT2D eigenvalue weighted by atomic mass is 16.5. The molecular weight excluding hydrogens is 344 g/mol. The number of hydroxylamine groups is 1. The number of para-hydroxylation sites is 1. The minimum atomic E-state index is -0.589. The van der Waals surface area contributed by atoms with Crippen LogP contribution in [0.25, 0.3) is 21.9 Å². The maximum absolute atomic E-state index is 13.0. The summed E-state index contributed by atoms with van der Waals surface area (Å²) >= 11 is 0. The highest BCUT2D eigenvalue weighted by molar-refractivity contribution is 6.16. The average Bonchev–Trinajstić information content (AvgIpc) is 3.08. The predicted octanol–water partition coefficient (Wildman–Crippen LogP) is 3.62. The number of amides is 1. The fraction of sp³-hybridized carbons (Fsp3) is 0.143. The van der Waals surface area contributed by atoms with Gasteiger partial charge in [0, 0.05) is 35.3 Å². The number of rotatable bonds is 4. The number of ether oxygens (including phenoxy) is 1. The fourth-order valence-electron chi connectivity index (χ4n) is 3.10. The SMILES string of the molecule is CC(C)Oc1ccc(C(=O)[NH+]([O-])c2ccncc2)c2c1oc1ccccc12. The Hall–Kier alpha value is -3.22. The molecule has 4 rings (SSSR count). The van der Waals surface area contributed by atoms with Gasteiger partial charge in [0.2, 0.25) is 0 Å². The Morgan fingerprint density at radius 2 is 1.85 bits per heavy atom. The number of pyridine rings is 1. The number of nitrogens with one attached hydrogen (secondary N) is 1. The van der Waals surface area contributed by atoms with Crippen molar-refractivity contribution in [3.8, 4) is 5.75 Å². The van der Waals surface area contributed by atoms with Gasteiger partial charge in [-0.2, -0.15) is 0 Å². The third-order valence-electron chi connectivity index (χ3n) is 4.25. The first-order valence-electron chi connectivity index (χ1n) is 8.66. The Morgan fingerprint density at radius 1 is 1.11 bits per heavy atom. The molecular formula is C21H18N2O4. The summed E-state index contributed by atoms with van der Waals surface area (Å²) in [4.78, 5) is 16.9. The first kappa shape index (κ1) is 17.2. The summed E-state index contributed by atoms with van der Waals surface area (Å²) in [7, 11) is 0. The minimum absolute atomic E-state index is 0.0542. The molecule has 0 radical (unpaired) electrons. The van der Waals surface area contributed by atoms with Crippen LogP contribution in [0.15, 0.2) is 65.3 Å². The minimum Gasteiger partial charge on any atom is -0.621 e. The molecule has 0 spiro atoms. The number of benzene rings is 2. The van der Waals surface area contributed by atoms with E-state index in [0.29, 0.717) is 33.6 Å². The van der Waals surface area contributed by atoms with Crippen molar-refractivity contribution in [1.82, 2.24) is 4.98 Å². The van der Waals surface area contributed by atoms with Crippen molar-refractivity contribution in [3.05, 3.63) is 71.7 Å². The zero-order chi connectivity index (χ0) is 19.0. The molecule has 2 heterocycles. The molecule has 6 nitrogen and oxygen atoms in total. The van der Waals surface area contributed by atoms with Crippen molar-refractivity contribution in [2.45, 2.75) is 20.0 Å². The summed E-state index contributed by atoms with van der Waals surface area (Å²) in [6.07, 6.45) is 2.92. The van der Waals surface area contributed by atoms with Crippen LogP contribution < -0.4 is 9.80 Å². The summed E-state index contributed by atoms with van der Waals surface area (Å²) in [5.74, 6) is -0.0436. The van der Waals surface area contributed by atoms with Gasteiger partial charge in [-0.25, -0.2) is 4.79 Å². The number of fused-ring (bicyclic) bond motifs is 3. The van der Waals surface area contributed by atoms with Crippen LogP contribution in [0.4, 0.5) is 5.69 Å². The van der Waals surface area contributed by atoms with Crippen LogP contribution >= 0.6 is 0 Å². The lowest BCUT2D eigenvalue weighted by Gasteiger charge is -2.19. The Morgan fingerprint density at radius 3 is 2.59 bits per heavy atom. The third kappa shape index (κ3) is 3.05. The quantitative estimate of drug-likeness (QED) is 0.561. The van der Waals surface area contributed by atoms with E-state index < -0.39 is 11.0 Å². The summed E-state index contributed by atoms with van der Waals surface area (Å²) in [6, 6.07) is 13.8. The topological polar surface area (TPSA) is 79.8 Å². The van der Waals surface area contributed by atoms with Crippen LogP contribution in [-0.4, -0.2) is 17.0 Å². The molecule has 0 aliphatic carbocycles. The van der Waals surface area contributed by atoms with E-state index in [1.165, 1.54) is 24.5 Å². The number of aromatic nitrogens is 1. The molecule has 1 unspecified atom stereocenters. The summed E-state index contributed by atoms with van der Waals surface area (Å²) < 4.78 is 11.8. The smallest absolute Gasteiger partial charge is 0.350 e. The van der Waals surface area contributed by atoms with Crippen LogP contribution in [0.2, 0.25) is 0 Å². The number of hydrogen-bond acceptors (Lipinski definition) is 5. The van der Waals surface area contributed by atoms with E-state index in [1.54, 1.807) is 12.1 Å². The van der Waals surface area contributed by atoms with Crippen molar-refractivity contribution < 1.29 is 19.0 Å². The molecule has 4 aromatic rings. The molecule has 27 heavy (non-hydrogen) atoms. The second-order valence-corrected chi connectivity index (χ2v) is 6.47. The number of quaternary nitrogens is 1. The Bertz CT molecular complexity index is 1120. The van der Waals surface area contributed by atoms with Gasteiger partial charge >= 0.3 is 5.91 Å². The van der Waals surface area contributed by atoms with Gasteiger partial charge < -0.3 is 14.4 Å². The molecule has 2 aromatic heterocycles. The lowest BCUT2D eigenvalue weighted by atomic mass is 10.0. The van der Waals surface area contributed by atoms with E-state index in [-0.39, 0.29) is 6.10 Å². The standard InChI is InChI=1S/C21H18N2O4/c1-13(2)26-18-8-7-16(21(24)23(25)14-9-11-22-12-10-14)19-15-5-3-4-6-17(15)27-20(18)19/h3-13,23H,1-2H3. The zero-order valence-electron chi connectivity index (χ0n) is 14.9. The third-order valence-corrected chi connectivity index (χ3v) is 4.25. The molecule has 0 saturated heterocycles. The first-order chi connectivity index (χ1) is 13.1. The van der Waals surface area contributed by atoms with Crippen molar-refractivity contribution in [2.24, 2.45) is 0 Å². The number of hydrogen-bond donors (Lipinski definition) is 1. The van der Waals surface area contributed by atoms with Gasteiger partial charge in [-0.05, 0) is 32.0 Å². The van der Waals surface area contributed by atoms with Gasteiger partial charge in [0.1, 0.15) is 11.3 Å². The molecule has 1 atom stereocenters. The second kappa shape index (κ2) is 6.83. The first-order valence-corrected chi connectivity index (χ1v) is 8.66. The molecule has 0 fully saturated rings. The number of carbonyl (C=O) groups is 1. The number of carbonyl (C=O) groups excluding carboxylic acids is 1. The monoisotopic (exact) mass is 362 g/mol. The summed E-state index contributed by atoms with van der Waals surface area (Å²) in [6.45, 7) is 3.83. The molecule has 1 amide bonds. The van der Waals surface area contributed by atoms with Crippen molar-refractivity contribution >= 4 is 33.5 Å². The normalized spacial score (nSPS) is 12.6. The van der Waals surface area contributed by atoms with Gasteiger partial charge in [-0.1, -0.05) is 18.2 Å². The second-order valence-electron chi connectivity index (χ2n) is 6.47. The summed E-state index contributed by atoms with van der Waals surface area (Å²) in [5.41, 5.74) is 1.71. The van der Waals surface area contributed by atoms with Gasteiger partial charge in [-0.15, -0.1) is 0 Å².